The quantitative estimate of drug-likeness (QED) is 0.475. The van der Waals surface area contributed by atoms with Gasteiger partial charge >= 0.3 is 0 Å². The molecule has 8 heavy (non-hydrogen) atoms. The molecule has 2 heterocycles. The van der Waals surface area contributed by atoms with Gasteiger partial charge < -0.3 is 5.32 Å². The molecule has 2 saturated heterocycles. The van der Waals surface area contributed by atoms with Crippen LogP contribution >= 0.6 is 0 Å². The zero-order valence-electron chi connectivity index (χ0n) is 5.06. The molecule has 0 aliphatic carbocycles. The SMILES string of the molecule is C1CNC2CCN2C1. The van der Waals surface area contributed by atoms with Gasteiger partial charge in [0, 0.05) is 13.1 Å². The van der Waals surface area contributed by atoms with E-state index in [0.29, 0.717) is 0 Å². The van der Waals surface area contributed by atoms with E-state index in [-0.39, 0.29) is 0 Å². The summed E-state index contributed by atoms with van der Waals surface area (Å²) in [6, 6.07) is 0. The van der Waals surface area contributed by atoms with Crippen molar-refractivity contribution in [3.63, 3.8) is 0 Å². The lowest BCUT2D eigenvalue weighted by atomic mass is 10.1. The summed E-state index contributed by atoms with van der Waals surface area (Å²) in [5, 5.41) is 3.44. The van der Waals surface area contributed by atoms with Crippen molar-refractivity contribution >= 4 is 0 Å². The van der Waals surface area contributed by atoms with E-state index in [2.05, 4.69) is 10.2 Å². The molecule has 0 aromatic rings. The molecule has 1 atom stereocenters. The van der Waals surface area contributed by atoms with Gasteiger partial charge in [-0.15, -0.1) is 0 Å². The monoisotopic (exact) mass is 112 g/mol. The smallest absolute Gasteiger partial charge is 0.0609 e. The molecule has 2 aliphatic rings. The Labute approximate surface area is 49.9 Å². The topological polar surface area (TPSA) is 15.3 Å². The highest BCUT2D eigenvalue weighted by Gasteiger charge is 2.28. The average molecular weight is 112 g/mol. The summed E-state index contributed by atoms with van der Waals surface area (Å²) < 4.78 is 0. The van der Waals surface area contributed by atoms with Gasteiger partial charge in [-0.3, -0.25) is 4.90 Å². The molecular formula is C6H12N2. The van der Waals surface area contributed by atoms with Crippen LogP contribution in [0.1, 0.15) is 12.8 Å². The van der Waals surface area contributed by atoms with Crippen molar-refractivity contribution in [1.29, 1.82) is 0 Å². The first-order valence-corrected chi connectivity index (χ1v) is 3.44. The minimum Gasteiger partial charge on any atom is -0.302 e. The third kappa shape index (κ3) is 0.565. The highest BCUT2D eigenvalue weighted by Crippen LogP contribution is 2.17. The maximum Gasteiger partial charge on any atom is 0.0609 e. The Hall–Kier alpha value is -0.0800. The van der Waals surface area contributed by atoms with E-state index in [4.69, 9.17) is 0 Å². The Morgan fingerprint density at radius 1 is 1.38 bits per heavy atom. The van der Waals surface area contributed by atoms with E-state index in [1.54, 1.807) is 0 Å². The summed E-state index contributed by atoms with van der Waals surface area (Å²) in [6.07, 6.45) is 3.49. The minimum atomic E-state index is 0.767. The fourth-order valence-electron chi connectivity index (χ4n) is 1.49. The van der Waals surface area contributed by atoms with Crippen molar-refractivity contribution in [2.24, 2.45) is 0 Å². The lowest BCUT2D eigenvalue weighted by Crippen LogP contribution is -2.59. The fourth-order valence-corrected chi connectivity index (χ4v) is 1.49. The van der Waals surface area contributed by atoms with Gasteiger partial charge in [0.1, 0.15) is 0 Å². The second-order valence-electron chi connectivity index (χ2n) is 2.65. The van der Waals surface area contributed by atoms with Crippen LogP contribution in [-0.4, -0.2) is 30.7 Å². The summed E-state index contributed by atoms with van der Waals surface area (Å²) in [5.74, 6) is 0. The molecule has 2 fully saturated rings. The summed E-state index contributed by atoms with van der Waals surface area (Å²) >= 11 is 0. The van der Waals surface area contributed by atoms with Crippen LogP contribution in [-0.2, 0) is 0 Å². The third-order valence-electron chi connectivity index (χ3n) is 2.13. The Kier molecular flexibility index (Phi) is 1.02. The van der Waals surface area contributed by atoms with Crippen LogP contribution in [0.5, 0.6) is 0 Å². The normalized spacial score (nSPS) is 38.2. The van der Waals surface area contributed by atoms with E-state index >= 15 is 0 Å². The van der Waals surface area contributed by atoms with Crippen molar-refractivity contribution in [3.05, 3.63) is 0 Å². The van der Waals surface area contributed by atoms with Crippen molar-refractivity contribution in [2.75, 3.05) is 19.6 Å². The van der Waals surface area contributed by atoms with E-state index < -0.39 is 0 Å². The fraction of sp³-hybridized carbons (Fsp3) is 1.00. The molecule has 2 aliphatic heterocycles. The van der Waals surface area contributed by atoms with Crippen LogP contribution in [0.25, 0.3) is 0 Å². The van der Waals surface area contributed by atoms with Crippen LogP contribution in [0.3, 0.4) is 0 Å². The van der Waals surface area contributed by atoms with Crippen LogP contribution < -0.4 is 5.32 Å². The zero-order chi connectivity index (χ0) is 5.40. The largest absolute Gasteiger partial charge is 0.302 e. The molecule has 0 radical (unpaired) electrons. The standard InChI is InChI=1S/C6H12N2/c1-3-7-6-2-5-8(6)4-1/h6-7H,1-5H2. The maximum atomic E-state index is 3.44. The second kappa shape index (κ2) is 1.71. The van der Waals surface area contributed by atoms with Gasteiger partial charge in [0.05, 0.1) is 6.17 Å². The summed E-state index contributed by atoms with van der Waals surface area (Å²) in [5.41, 5.74) is 0. The first-order valence-electron chi connectivity index (χ1n) is 3.44. The number of fused-ring (bicyclic) bond motifs is 1. The molecule has 1 N–H and O–H groups in total. The minimum absolute atomic E-state index is 0.767. The Balaban J connectivity index is 1.92. The van der Waals surface area contributed by atoms with Gasteiger partial charge in [-0.1, -0.05) is 0 Å². The molecule has 0 bridgehead atoms. The van der Waals surface area contributed by atoms with E-state index in [1.807, 2.05) is 0 Å². The number of hydrogen-bond acceptors (Lipinski definition) is 2. The number of nitrogens with zero attached hydrogens (tertiary/aromatic N) is 1. The predicted molar refractivity (Wildman–Crippen MR) is 32.6 cm³/mol. The van der Waals surface area contributed by atoms with Gasteiger partial charge in [0.25, 0.3) is 0 Å². The average Bonchev–Trinajstić information content (AvgIpc) is 1.72. The van der Waals surface area contributed by atoms with Gasteiger partial charge in [0.15, 0.2) is 0 Å². The molecule has 0 aromatic heterocycles. The molecule has 2 heteroatoms. The third-order valence-corrected chi connectivity index (χ3v) is 2.13. The molecule has 0 saturated carbocycles. The molecule has 0 spiro atoms. The molecule has 2 nitrogen and oxygen atoms in total. The predicted octanol–water partition coefficient (Wildman–Crippen LogP) is 0.0115. The van der Waals surface area contributed by atoms with E-state index in [9.17, 15) is 0 Å². The molecule has 0 aromatic carbocycles. The Morgan fingerprint density at radius 3 is 2.75 bits per heavy atom. The first-order chi connectivity index (χ1) is 3.97. The van der Waals surface area contributed by atoms with Crippen molar-refractivity contribution in [3.8, 4) is 0 Å². The zero-order valence-corrected chi connectivity index (χ0v) is 5.06. The van der Waals surface area contributed by atoms with E-state index in [1.165, 1.54) is 32.5 Å². The maximum absolute atomic E-state index is 3.44. The van der Waals surface area contributed by atoms with Gasteiger partial charge in [0.2, 0.25) is 0 Å². The highest BCUT2D eigenvalue weighted by molar-refractivity contribution is 4.83. The molecule has 2 rings (SSSR count). The molecule has 0 amide bonds. The Morgan fingerprint density at radius 2 is 2.38 bits per heavy atom. The summed E-state index contributed by atoms with van der Waals surface area (Å²) in [4.78, 5) is 2.50. The van der Waals surface area contributed by atoms with Crippen LogP contribution in [0.2, 0.25) is 0 Å². The lowest BCUT2D eigenvalue weighted by molar-refractivity contribution is 0.0385. The first kappa shape index (κ1) is 4.77. The van der Waals surface area contributed by atoms with E-state index in [0.717, 1.165) is 6.17 Å². The van der Waals surface area contributed by atoms with Crippen LogP contribution in [0.15, 0.2) is 0 Å². The van der Waals surface area contributed by atoms with Gasteiger partial charge in [-0.25, -0.2) is 0 Å². The van der Waals surface area contributed by atoms with Gasteiger partial charge in [-0.05, 0) is 19.4 Å². The molecule has 1 unspecified atom stereocenters. The van der Waals surface area contributed by atoms with Crippen molar-refractivity contribution in [2.45, 2.75) is 19.0 Å². The highest BCUT2D eigenvalue weighted by atomic mass is 15.3. The summed E-state index contributed by atoms with van der Waals surface area (Å²) in [6.45, 7) is 3.90. The van der Waals surface area contributed by atoms with Crippen molar-refractivity contribution < 1.29 is 0 Å². The number of hydrogen-bond donors (Lipinski definition) is 1. The van der Waals surface area contributed by atoms with Crippen LogP contribution in [0.4, 0.5) is 0 Å². The molecule has 46 valence electrons. The number of nitrogens with one attached hydrogen (secondary N) is 1. The molecular weight excluding hydrogens is 100 g/mol. The number of rotatable bonds is 0. The van der Waals surface area contributed by atoms with Crippen molar-refractivity contribution in [1.82, 2.24) is 10.2 Å². The second-order valence-corrected chi connectivity index (χ2v) is 2.65. The van der Waals surface area contributed by atoms with Crippen LogP contribution in [0, 0.1) is 0 Å². The Bertz CT molecular complexity index is 80.5. The lowest BCUT2D eigenvalue weighted by Gasteiger charge is -2.44. The summed E-state index contributed by atoms with van der Waals surface area (Å²) in [7, 11) is 0. The van der Waals surface area contributed by atoms with Gasteiger partial charge in [-0.2, -0.15) is 0 Å².